The van der Waals surface area contributed by atoms with Gasteiger partial charge in [-0.15, -0.1) is 0 Å². The minimum Gasteiger partial charge on any atom is -0.378 e. The van der Waals surface area contributed by atoms with Gasteiger partial charge in [-0.25, -0.2) is 4.98 Å². The molecule has 0 amide bonds. The van der Waals surface area contributed by atoms with Gasteiger partial charge in [0.25, 0.3) is 5.56 Å². The van der Waals surface area contributed by atoms with E-state index in [1.165, 1.54) is 0 Å². The molecule has 1 aliphatic rings. The van der Waals surface area contributed by atoms with Crippen molar-refractivity contribution in [2.24, 2.45) is 0 Å². The van der Waals surface area contributed by atoms with Crippen LogP contribution in [0.1, 0.15) is 0 Å². The van der Waals surface area contributed by atoms with Gasteiger partial charge < -0.3 is 9.64 Å². The third kappa shape index (κ3) is 3.42. The normalized spacial score (nSPS) is 14.2. The zero-order valence-corrected chi connectivity index (χ0v) is 17.9. The maximum atomic E-state index is 13.8. The SMILES string of the molecule is O=c1c2cc(Br)ccc2nc(-c2ccccc2)n1-c1ccccc1N1CCOCC1. The number of halogens is 1. The maximum absolute atomic E-state index is 13.8. The summed E-state index contributed by atoms with van der Waals surface area (Å²) in [5.41, 5.74) is 3.34. The molecule has 4 aromatic rings. The number of hydrogen-bond acceptors (Lipinski definition) is 4. The highest BCUT2D eigenvalue weighted by Crippen LogP contribution is 2.29. The van der Waals surface area contributed by atoms with Crippen LogP contribution in [0.15, 0.2) is 82.1 Å². The molecule has 1 saturated heterocycles. The van der Waals surface area contributed by atoms with E-state index < -0.39 is 0 Å². The number of nitrogens with zero attached hydrogens (tertiary/aromatic N) is 3. The minimum atomic E-state index is -0.0825. The third-order valence-electron chi connectivity index (χ3n) is 5.34. The Kier molecular flexibility index (Phi) is 5.11. The lowest BCUT2D eigenvalue weighted by atomic mass is 10.1. The molecule has 5 nitrogen and oxygen atoms in total. The van der Waals surface area contributed by atoms with Crippen LogP contribution in [-0.2, 0) is 4.74 Å². The number of benzene rings is 3. The van der Waals surface area contributed by atoms with Gasteiger partial charge in [0.15, 0.2) is 0 Å². The van der Waals surface area contributed by atoms with E-state index in [2.05, 4.69) is 26.9 Å². The summed E-state index contributed by atoms with van der Waals surface area (Å²) in [7, 11) is 0. The first-order valence-corrected chi connectivity index (χ1v) is 10.7. The average Bonchev–Trinajstić information content (AvgIpc) is 2.80. The van der Waals surface area contributed by atoms with E-state index in [9.17, 15) is 4.79 Å². The molecule has 0 bridgehead atoms. The molecule has 0 unspecified atom stereocenters. The van der Waals surface area contributed by atoms with E-state index in [4.69, 9.17) is 9.72 Å². The van der Waals surface area contributed by atoms with Gasteiger partial charge in [0, 0.05) is 23.1 Å². The Labute approximate surface area is 182 Å². The zero-order chi connectivity index (χ0) is 20.5. The van der Waals surface area contributed by atoms with Crippen molar-refractivity contribution in [2.45, 2.75) is 0 Å². The van der Waals surface area contributed by atoms with Gasteiger partial charge >= 0.3 is 0 Å². The molecule has 2 heterocycles. The summed E-state index contributed by atoms with van der Waals surface area (Å²) in [5, 5.41) is 0.584. The highest BCUT2D eigenvalue weighted by Gasteiger charge is 2.20. The fourth-order valence-electron chi connectivity index (χ4n) is 3.89. The van der Waals surface area contributed by atoms with Crippen LogP contribution >= 0.6 is 15.9 Å². The molecular weight excluding hydrogens is 442 g/mol. The molecule has 1 fully saturated rings. The quantitative estimate of drug-likeness (QED) is 0.445. The van der Waals surface area contributed by atoms with Crippen LogP contribution in [-0.4, -0.2) is 35.9 Å². The fourth-order valence-corrected chi connectivity index (χ4v) is 4.25. The fraction of sp³-hybridized carbons (Fsp3) is 0.167. The molecule has 0 spiro atoms. The van der Waals surface area contributed by atoms with Crippen molar-refractivity contribution in [3.8, 4) is 17.1 Å². The Bertz CT molecular complexity index is 1260. The highest BCUT2D eigenvalue weighted by molar-refractivity contribution is 9.10. The Hall–Kier alpha value is -2.96. The first kappa shape index (κ1) is 19.0. The van der Waals surface area contributed by atoms with Crippen LogP contribution in [0, 0.1) is 0 Å². The minimum absolute atomic E-state index is 0.0825. The Morgan fingerprint density at radius 3 is 2.33 bits per heavy atom. The standard InChI is InChI=1S/C24H20BrN3O2/c25-18-10-11-20-19(16-18)24(29)28(23(26-20)17-6-2-1-3-7-17)22-9-5-4-8-21(22)27-12-14-30-15-13-27/h1-11,16H,12-15H2. The van der Waals surface area contributed by atoms with Crippen LogP contribution in [0.2, 0.25) is 0 Å². The molecule has 1 aliphatic heterocycles. The topological polar surface area (TPSA) is 47.4 Å². The second kappa shape index (κ2) is 8.05. The summed E-state index contributed by atoms with van der Waals surface area (Å²) in [5.74, 6) is 0.635. The summed E-state index contributed by atoms with van der Waals surface area (Å²) in [6, 6.07) is 23.5. The van der Waals surface area contributed by atoms with E-state index >= 15 is 0 Å². The van der Waals surface area contributed by atoms with Crippen molar-refractivity contribution in [1.29, 1.82) is 0 Å². The Morgan fingerprint density at radius 1 is 0.867 bits per heavy atom. The number of ether oxygens (including phenoxy) is 1. The second-order valence-corrected chi connectivity index (χ2v) is 8.11. The van der Waals surface area contributed by atoms with E-state index in [1.807, 2.05) is 66.7 Å². The molecule has 0 saturated carbocycles. The Morgan fingerprint density at radius 2 is 1.57 bits per heavy atom. The van der Waals surface area contributed by atoms with Crippen LogP contribution < -0.4 is 10.5 Å². The molecule has 30 heavy (non-hydrogen) atoms. The Balaban J connectivity index is 1.83. The lowest BCUT2D eigenvalue weighted by Gasteiger charge is -2.31. The molecule has 3 aromatic carbocycles. The summed E-state index contributed by atoms with van der Waals surface area (Å²) in [6.07, 6.45) is 0. The smallest absolute Gasteiger partial charge is 0.266 e. The predicted octanol–water partition coefficient (Wildman–Crippen LogP) is 4.65. The number of morpholine rings is 1. The van der Waals surface area contributed by atoms with Gasteiger partial charge in [-0.05, 0) is 30.3 Å². The van der Waals surface area contributed by atoms with Crippen molar-refractivity contribution in [2.75, 3.05) is 31.2 Å². The van der Waals surface area contributed by atoms with E-state index in [0.717, 1.165) is 34.5 Å². The molecule has 0 atom stereocenters. The maximum Gasteiger partial charge on any atom is 0.266 e. The van der Waals surface area contributed by atoms with E-state index in [0.29, 0.717) is 29.9 Å². The van der Waals surface area contributed by atoms with Gasteiger partial charge in [-0.3, -0.25) is 9.36 Å². The number of anilines is 1. The predicted molar refractivity (Wildman–Crippen MR) is 124 cm³/mol. The molecule has 150 valence electrons. The molecule has 0 radical (unpaired) electrons. The van der Waals surface area contributed by atoms with Gasteiger partial charge in [0.2, 0.25) is 0 Å². The first-order valence-electron chi connectivity index (χ1n) is 9.92. The monoisotopic (exact) mass is 461 g/mol. The van der Waals surface area contributed by atoms with Crippen LogP contribution in [0.5, 0.6) is 0 Å². The highest BCUT2D eigenvalue weighted by atomic mass is 79.9. The van der Waals surface area contributed by atoms with E-state index in [-0.39, 0.29) is 5.56 Å². The van der Waals surface area contributed by atoms with Gasteiger partial charge in [-0.1, -0.05) is 58.4 Å². The van der Waals surface area contributed by atoms with Gasteiger partial charge in [0.1, 0.15) is 5.82 Å². The van der Waals surface area contributed by atoms with Crippen LogP contribution in [0.25, 0.3) is 28.0 Å². The van der Waals surface area contributed by atoms with Crippen molar-refractivity contribution in [3.05, 3.63) is 87.6 Å². The number of para-hydroxylation sites is 2. The van der Waals surface area contributed by atoms with Crippen molar-refractivity contribution in [3.63, 3.8) is 0 Å². The van der Waals surface area contributed by atoms with Crippen molar-refractivity contribution in [1.82, 2.24) is 9.55 Å². The molecule has 0 N–H and O–H groups in total. The first-order chi connectivity index (χ1) is 14.7. The van der Waals surface area contributed by atoms with Crippen molar-refractivity contribution < 1.29 is 4.74 Å². The summed E-state index contributed by atoms with van der Waals surface area (Å²) in [6.45, 7) is 2.94. The summed E-state index contributed by atoms with van der Waals surface area (Å²) < 4.78 is 8.13. The third-order valence-corrected chi connectivity index (χ3v) is 5.83. The average molecular weight is 462 g/mol. The summed E-state index contributed by atoms with van der Waals surface area (Å²) >= 11 is 3.49. The molecular formula is C24H20BrN3O2. The lowest BCUT2D eigenvalue weighted by molar-refractivity contribution is 0.122. The van der Waals surface area contributed by atoms with Crippen molar-refractivity contribution >= 4 is 32.5 Å². The largest absolute Gasteiger partial charge is 0.378 e. The molecule has 1 aromatic heterocycles. The molecule has 5 rings (SSSR count). The number of fused-ring (bicyclic) bond motifs is 1. The second-order valence-electron chi connectivity index (χ2n) is 7.19. The number of rotatable bonds is 3. The van der Waals surface area contributed by atoms with Gasteiger partial charge in [-0.2, -0.15) is 0 Å². The summed E-state index contributed by atoms with van der Waals surface area (Å²) in [4.78, 5) is 20.9. The molecule has 6 heteroatoms. The van der Waals surface area contributed by atoms with Gasteiger partial charge in [0.05, 0.1) is 35.5 Å². The number of aromatic nitrogens is 2. The zero-order valence-electron chi connectivity index (χ0n) is 16.3. The van der Waals surface area contributed by atoms with E-state index in [1.54, 1.807) is 4.57 Å². The van der Waals surface area contributed by atoms with Crippen LogP contribution in [0.3, 0.4) is 0 Å². The van der Waals surface area contributed by atoms with Crippen LogP contribution in [0.4, 0.5) is 5.69 Å². The molecule has 0 aliphatic carbocycles. The lowest BCUT2D eigenvalue weighted by Crippen LogP contribution is -2.37. The number of hydrogen-bond donors (Lipinski definition) is 0.